The molecule has 4 heteroatoms. The molecule has 3 rings (SSSR count). The van der Waals surface area contributed by atoms with E-state index in [0.717, 1.165) is 25.3 Å². The van der Waals surface area contributed by atoms with Gasteiger partial charge in [0.1, 0.15) is 5.75 Å². The predicted octanol–water partition coefficient (Wildman–Crippen LogP) is 1.69. The number of nitrogens with zero attached hydrogens (tertiary/aromatic N) is 1. The second-order valence-electron chi connectivity index (χ2n) is 6.11. The van der Waals surface area contributed by atoms with Crippen molar-refractivity contribution in [1.29, 1.82) is 0 Å². The van der Waals surface area contributed by atoms with Crippen LogP contribution in [0, 0.1) is 0 Å². The first-order valence-electron chi connectivity index (χ1n) is 7.96. The van der Waals surface area contributed by atoms with E-state index in [-0.39, 0.29) is 6.10 Å². The number of likely N-dealkylation sites (N-methyl/N-ethyl adjacent to an activating group) is 1. The molecule has 0 saturated carbocycles. The Morgan fingerprint density at radius 2 is 2.38 bits per heavy atom. The van der Waals surface area contributed by atoms with Gasteiger partial charge >= 0.3 is 0 Å². The number of hydrogen-bond acceptors (Lipinski definition) is 4. The van der Waals surface area contributed by atoms with Crippen LogP contribution in [0.5, 0.6) is 5.75 Å². The molecule has 0 bridgehead atoms. The van der Waals surface area contributed by atoms with Crippen LogP contribution in [0.25, 0.3) is 0 Å². The normalized spacial score (nSPS) is 27.3. The fraction of sp³-hybridized carbons (Fsp3) is 0.647. The Kier molecular flexibility index (Phi) is 4.78. The van der Waals surface area contributed by atoms with E-state index in [2.05, 4.69) is 28.4 Å². The molecule has 0 aromatic heterocycles. The van der Waals surface area contributed by atoms with Gasteiger partial charge in [0.2, 0.25) is 0 Å². The van der Waals surface area contributed by atoms with Crippen molar-refractivity contribution >= 4 is 0 Å². The molecule has 0 amide bonds. The number of rotatable bonds is 5. The highest BCUT2D eigenvalue weighted by molar-refractivity contribution is 5.29. The zero-order valence-corrected chi connectivity index (χ0v) is 13.0. The Morgan fingerprint density at radius 3 is 3.19 bits per heavy atom. The van der Waals surface area contributed by atoms with E-state index < -0.39 is 0 Å². The molecule has 2 heterocycles. The van der Waals surface area contributed by atoms with E-state index >= 15 is 0 Å². The van der Waals surface area contributed by atoms with Gasteiger partial charge in [-0.15, -0.1) is 0 Å². The van der Waals surface area contributed by atoms with Crippen molar-refractivity contribution in [3.8, 4) is 5.75 Å². The Labute approximate surface area is 127 Å². The fourth-order valence-electron chi connectivity index (χ4n) is 3.56. The first-order chi connectivity index (χ1) is 10.3. The van der Waals surface area contributed by atoms with Gasteiger partial charge in [0.15, 0.2) is 0 Å². The molecule has 2 aliphatic rings. The molecule has 1 aromatic carbocycles. The van der Waals surface area contributed by atoms with Gasteiger partial charge in [0.25, 0.3) is 0 Å². The van der Waals surface area contributed by atoms with Gasteiger partial charge < -0.3 is 14.8 Å². The highest BCUT2D eigenvalue weighted by Gasteiger charge is 2.35. The summed E-state index contributed by atoms with van der Waals surface area (Å²) < 4.78 is 11.5. The lowest BCUT2D eigenvalue weighted by atomic mass is 9.99. The molecule has 0 radical (unpaired) electrons. The number of fused-ring (bicyclic) bond motifs is 1. The molecule has 116 valence electrons. The lowest BCUT2D eigenvalue weighted by Gasteiger charge is -2.39. The van der Waals surface area contributed by atoms with E-state index in [1.165, 1.54) is 24.9 Å². The van der Waals surface area contributed by atoms with E-state index in [9.17, 15) is 0 Å². The van der Waals surface area contributed by atoms with Crippen LogP contribution in [0.1, 0.15) is 18.4 Å². The van der Waals surface area contributed by atoms with Crippen LogP contribution >= 0.6 is 0 Å². The molecule has 0 spiro atoms. The highest BCUT2D eigenvalue weighted by Crippen LogP contribution is 2.25. The third-order valence-corrected chi connectivity index (χ3v) is 4.83. The molecule has 2 fully saturated rings. The van der Waals surface area contributed by atoms with Crippen LogP contribution in [0.2, 0.25) is 0 Å². The van der Waals surface area contributed by atoms with Crippen LogP contribution in [-0.2, 0) is 11.2 Å². The molecule has 1 N–H and O–H groups in total. The summed E-state index contributed by atoms with van der Waals surface area (Å²) in [5, 5.41) is 3.45. The summed E-state index contributed by atoms with van der Waals surface area (Å²) in [4.78, 5) is 2.60. The van der Waals surface area contributed by atoms with Crippen LogP contribution in [0.4, 0.5) is 0 Å². The quantitative estimate of drug-likeness (QED) is 0.895. The fourth-order valence-corrected chi connectivity index (χ4v) is 3.56. The second kappa shape index (κ2) is 6.77. The molecule has 4 nitrogen and oxygen atoms in total. The molecular formula is C17H26N2O2. The molecule has 1 aromatic rings. The molecule has 0 aliphatic carbocycles. The van der Waals surface area contributed by atoms with Gasteiger partial charge in [-0.2, -0.15) is 0 Å². The zero-order valence-electron chi connectivity index (χ0n) is 13.0. The van der Waals surface area contributed by atoms with Gasteiger partial charge in [-0.25, -0.2) is 0 Å². The minimum atomic E-state index is 0.274. The van der Waals surface area contributed by atoms with Crippen molar-refractivity contribution in [1.82, 2.24) is 10.2 Å². The van der Waals surface area contributed by atoms with Gasteiger partial charge in [-0.05, 0) is 50.6 Å². The second-order valence-corrected chi connectivity index (χ2v) is 6.11. The maximum Gasteiger partial charge on any atom is 0.119 e. The topological polar surface area (TPSA) is 33.7 Å². The Bertz CT molecular complexity index is 466. The monoisotopic (exact) mass is 290 g/mol. The first-order valence-corrected chi connectivity index (χ1v) is 7.96. The Morgan fingerprint density at radius 1 is 1.48 bits per heavy atom. The molecule has 2 aliphatic heterocycles. The largest absolute Gasteiger partial charge is 0.497 e. The maximum absolute atomic E-state index is 6.14. The summed E-state index contributed by atoms with van der Waals surface area (Å²) in [6, 6.07) is 9.33. The van der Waals surface area contributed by atoms with Crippen molar-refractivity contribution < 1.29 is 9.47 Å². The molecule has 3 unspecified atom stereocenters. The standard InChI is InChI=1S/C17H26N2O2/c1-18-16(10-13-5-3-7-15(9-13)20-2)17-11-19-8-4-6-14(19)12-21-17/h3,5,7,9,14,16-18H,4,6,8,10-12H2,1-2H3. The molecule has 2 saturated heterocycles. The number of methoxy groups -OCH3 is 1. The van der Waals surface area contributed by atoms with Gasteiger partial charge in [-0.1, -0.05) is 12.1 Å². The number of morpholine rings is 1. The summed E-state index contributed by atoms with van der Waals surface area (Å²) >= 11 is 0. The van der Waals surface area contributed by atoms with Crippen molar-refractivity contribution in [2.75, 3.05) is 33.9 Å². The average Bonchev–Trinajstić information content (AvgIpc) is 3.00. The van der Waals surface area contributed by atoms with E-state index in [1.54, 1.807) is 7.11 Å². The van der Waals surface area contributed by atoms with Crippen LogP contribution < -0.4 is 10.1 Å². The maximum atomic E-state index is 6.14. The zero-order chi connectivity index (χ0) is 14.7. The van der Waals surface area contributed by atoms with Crippen LogP contribution in [0.3, 0.4) is 0 Å². The highest BCUT2D eigenvalue weighted by atomic mass is 16.5. The predicted molar refractivity (Wildman–Crippen MR) is 83.9 cm³/mol. The summed E-state index contributed by atoms with van der Waals surface area (Å²) in [5.41, 5.74) is 1.29. The van der Waals surface area contributed by atoms with Gasteiger partial charge in [0.05, 0.1) is 19.8 Å². The SMILES string of the molecule is CNC(Cc1cccc(OC)c1)C1CN2CCCC2CO1. The number of nitrogens with one attached hydrogen (secondary N) is 1. The van der Waals surface area contributed by atoms with Crippen LogP contribution in [0.15, 0.2) is 24.3 Å². The molecule has 21 heavy (non-hydrogen) atoms. The number of benzene rings is 1. The van der Waals surface area contributed by atoms with E-state index in [4.69, 9.17) is 9.47 Å². The van der Waals surface area contributed by atoms with Crippen molar-refractivity contribution in [3.63, 3.8) is 0 Å². The Balaban J connectivity index is 1.64. The minimum absolute atomic E-state index is 0.274. The average molecular weight is 290 g/mol. The first kappa shape index (κ1) is 14.8. The van der Waals surface area contributed by atoms with Gasteiger partial charge in [-0.3, -0.25) is 4.90 Å². The summed E-state index contributed by atoms with van der Waals surface area (Å²) in [5.74, 6) is 0.923. The van der Waals surface area contributed by atoms with E-state index in [0.29, 0.717) is 12.1 Å². The smallest absolute Gasteiger partial charge is 0.119 e. The van der Waals surface area contributed by atoms with E-state index in [1.807, 2.05) is 13.1 Å². The van der Waals surface area contributed by atoms with Crippen LogP contribution in [-0.4, -0.2) is 56.9 Å². The number of hydrogen-bond donors (Lipinski definition) is 1. The third kappa shape index (κ3) is 3.39. The minimum Gasteiger partial charge on any atom is -0.497 e. The number of ether oxygens (including phenoxy) is 2. The summed E-state index contributed by atoms with van der Waals surface area (Å²) in [6.07, 6.45) is 3.86. The van der Waals surface area contributed by atoms with Crippen molar-refractivity contribution in [2.24, 2.45) is 0 Å². The van der Waals surface area contributed by atoms with Crippen molar-refractivity contribution in [3.05, 3.63) is 29.8 Å². The lowest BCUT2D eigenvalue weighted by molar-refractivity contribution is -0.0634. The summed E-state index contributed by atoms with van der Waals surface area (Å²) in [7, 11) is 3.75. The third-order valence-electron chi connectivity index (χ3n) is 4.83. The summed E-state index contributed by atoms with van der Waals surface area (Å²) in [6.45, 7) is 3.18. The Hall–Kier alpha value is -1.10. The molecule has 3 atom stereocenters. The van der Waals surface area contributed by atoms with Gasteiger partial charge in [0, 0.05) is 18.6 Å². The lowest BCUT2D eigenvalue weighted by Crippen LogP contribution is -2.54. The van der Waals surface area contributed by atoms with Crippen molar-refractivity contribution in [2.45, 2.75) is 37.5 Å². The molecular weight excluding hydrogens is 264 g/mol.